The summed E-state index contributed by atoms with van der Waals surface area (Å²) < 4.78 is 5.63. The van der Waals surface area contributed by atoms with Gasteiger partial charge < -0.3 is 10.1 Å². The van der Waals surface area contributed by atoms with Gasteiger partial charge in [-0.15, -0.1) is 0 Å². The summed E-state index contributed by atoms with van der Waals surface area (Å²) in [6, 6.07) is 0. The predicted molar refractivity (Wildman–Crippen MR) is 53.2 cm³/mol. The van der Waals surface area contributed by atoms with Gasteiger partial charge in [0.15, 0.2) is 0 Å². The second-order valence-electron chi connectivity index (χ2n) is 3.70. The van der Waals surface area contributed by atoms with E-state index in [0.29, 0.717) is 0 Å². The summed E-state index contributed by atoms with van der Waals surface area (Å²) in [7, 11) is 0. The molecule has 2 rings (SSSR count). The van der Waals surface area contributed by atoms with E-state index in [1.54, 1.807) is 6.33 Å². The van der Waals surface area contributed by atoms with E-state index in [0.717, 1.165) is 31.1 Å². The molecule has 4 nitrogen and oxygen atoms in total. The van der Waals surface area contributed by atoms with Crippen LogP contribution in [0.1, 0.15) is 25.1 Å². The van der Waals surface area contributed by atoms with E-state index in [4.69, 9.17) is 4.74 Å². The van der Waals surface area contributed by atoms with Crippen LogP contribution in [0.15, 0.2) is 6.33 Å². The zero-order valence-electron chi connectivity index (χ0n) is 8.58. The Hall–Kier alpha value is -1.16. The van der Waals surface area contributed by atoms with E-state index in [2.05, 4.69) is 15.3 Å². The molecule has 76 valence electrons. The maximum Gasteiger partial charge on any atom is 0.220 e. The Morgan fingerprint density at radius 3 is 3.07 bits per heavy atom. The van der Waals surface area contributed by atoms with Crippen molar-refractivity contribution in [2.45, 2.75) is 32.9 Å². The smallest absolute Gasteiger partial charge is 0.220 e. The number of rotatable bonds is 2. The van der Waals surface area contributed by atoms with Crippen LogP contribution in [0.25, 0.3) is 0 Å². The second-order valence-corrected chi connectivity index (χ2v) is 3.70. The molecular weight excluding hydrogens is 178 g/mol. The Bertz CT molecular complexity index is 325. The highest BCUT2D eigenvalue weighted by Crippen LogP contribution is 2.21. The van der Waals surface area contributed by atoms with Gasteiger partial charge in [0.25, 0.3) is 0 Å². The fourth-order valence-corrected chi connectivity index (χ4v) is 1.58. The molecular formula is C10H15N3O. The summed E-state index contributed by atoms with van der Waals surface area (Å²) in [6.45, 7) is 5.83. The number of ether oxygens (including phenoxy) is 1. The van der Waals surface area contributed by atoms with Gasteiger partial charge in [0.1, 0.15) is 6.33 Å². The van der Waals surface area contributed by atoms with Gasteiger partial charge in [-0.2, -0.15) is 0 Å². The van der Waals surface area contributed by atoms with E-state index in [1.807, 2.05) is 13.8 Å². The van der Waals surface area contributed by atoms with E-state index in [-0.39, 0.29) is 6.10 Å². The Morgan fingerprint density at radius 1 is 1.43 bits per heavy atom. The molecule has 2 heterocycles. The summed E-state index contributed by atoms with van der Waals surface area (Å²) >= 11 is 0. The van der Waals surface area contributed by atoms with E-state index in [1.165, 1.54) is 5.56 Å². The summed E-state index contributed by atoms with van der Waals surface area (Å²) in [5.41, 5.74) is 2.24. The monoisotopic (exact) mass is 193 g/mol. The number of aromatic nitrogens is 2. The van der Waals surface area contributed by atoms with E-state index >= 15 is 0 Å². The van der Waals surface area contributed by atoms with Gasteiger partial charge in [0, 0.05) is 12.1 Å². The summed E-state index contributed by atoms with van der Waals surface area (Å²) in [4.78, 5) is 8.40. The Kier molecular flexibility index (Phi) is 2.63. The van der Waals surface area contributed by atoms with Gasteiger partial charge in [0.2, 0.25) is 5.88 Å². The number of fused-ring (bicyclic) bond motifs is 1. The minimum absolute atomic E-state index is 0.170. The van der Waals surface area contributed by atoms with Gasteiger partial charge in [-0.05, 0) is 26.8 Å². The molecule has 0 spiro atoms. The van der Waals surface area contributed by atoms with Crippen LogP contribution in [0, 0.1) is 0 Å². The lowest BCUT2D eigenvalue weighted by molar-refractivity contribution is 0.228. The first-order chi connectivity index (χ1) is 6.77. The van der Waals surface area contributed by atoms with Crippen molar-refractivity contribution in [3.63, 3.8) is 0 Å². The molecule has 1 aliphatic heterocycles. The highest BCUT2D eigenvalue weighted by atomic mass is 16.5. The number of hydrogen-bond acceptors (Lipinski definition) is 4. The average molecular weight is 193 g/mol. The highest BCUT2D eigenvalue weighted by Gasteiger charge is 2.16. The van der Waals surface area contributed by atoms with E-state index < -0.39 is 0 Å². The molecule has 0 amide bonds. The zero-order valence-corrected chi connectivity index (χ0v) is 8.58. The normalized spacial score (nSPS) is 15.4. The first kappa shape index (κ1) is 9.40. The Morgan fingerprint density at radius 2 is 2.29 bits per heavy atom. The van der Waals surface area contributed by atoms with Crippen molar-refractivity contribution in [3.05, 3.63) is 17.6 Å². The highest BCUT2D eigenvalue weighted by molar-refractivity contribution is 5.31. The van der Waals surface area contributed by atoms with Crippen molar-refractivity contribution >= 4 is 0 Å². The van der Waals surface area contributed by atoms with Crippen molar-refractivity contribution in [1.29, 1.82) is 0 Å². The molecule has 0 bridgehead atoms. The average Bonchev–Trinajstić information content (AvgIpc) is 2.18. The SMILES string of the molecule is CC(C)Oc1ncnc2c1CCNC2. The molecule has 0 unspecified atom stereocenters. The lowest BCUT2D eigenvalue weighted by atomic mass is 10.1. The molecule has 0 aromatic carbocycles. The summed E-state index contributed by atoms with van der Waals surface area (Å²) in [5.74, 6) is 0.756. The molecule has 14 heavy (non-hydrogen) atoms. The molecule has 1 aliphatic rings. The van der Waals surface area contributed by atoms with Crippen molar-refractivity contribution < 1.29 is 4.74 Å². The van der Waals surface area contributed by atoms with Crippen LogP contribution in [-0.4, -0.2) is 22.6 Å². The maximum absolute atomic E-state index is 5.63. The molecule has 1 aromatic rings. The molecule has 0 atom stereocenters. The molecule has 0 saturated heterocycles. The summed E-state index contributed by atoms with van der Waals surface area (Å²) in [6.07, 6.45) is 2.70. The first-order valence-corrected chi connectivity index (χ1v) is 4.97. The van der Waals surface area contributed by atoms with Crippen molar-refractivity contribution in [2.75, 3.05) is 6.54 Å². The molecule has 0 saturated carbocycles. The fourth-order valence-electron chi connectivity index (χ4n) is 1.58. The number of nitrogens with one attached hydrogen (secondary N) is 1. The molecule has 0 fully saturated rings. The van der Waals surface area contributed by atoms with Gasteiger partial charge in [0.05, 0.1) is 11.8 Å². The summed E-state index contributed by atoms with van der Waals surface area (Å²) in [5, 5.41) is 3.28. The lowest BCUT2D eigenvalue weighted by Crippen LogP contribution is -2.26. The van der Waals surface area contributed by atoms with Gasteiger partial charge in [-0.25, -0.2) is 9.97 Å². The van der Waals surface area contributed by atoms with Gasteiger partial charge in [-0.3, -0.25) is 0 Å². The van der Waals surface area contributed by atoms with Crippen LogP contribution in [-0.2, 0) is 13.0 Å². The lowest BCUT2D eigenvalue weighted by Gasteiger charge is -2.19. The van der Waals surface area contributed by atoms with Crippen LogP contribution >= 0.6 is 0 Å². The Labute approximate surface area is 83.7 Å². The number of nitrogens with zero attached hydrogens (tertiary/aromatic N) is 2. The second kappa shape index (κ2) is 3.92. The van der Waals surface area contributed by atoms with Gasteiger partial charge >= 0.3 is 0 Å². The van der Waals surface area contributed by atoms with E-state index in [9.17, 15) is 0 Å². The topological polar surface area (TPSA) is 47.0 Å². The molecule has 0 aliphatic carbocycles. The van der Waals surface area contributed by atoms with Crippen LogP contribution in [0.4, 0.5) is 0 Å². The standard InChI is InChI=1S/C10H15N3O/c1-7(2)14-10-8-3-4-11-5-9(8)12-6-13-10/h6-7,11H,3-5H2,1-2H3. The largest absolute Gasteiger partial charge is 0.475 e. The third kappa shape index (κ3) is 1.85. The van der Waals surface area contributed by atoms with Crippen molar-refractivity contribution in [3.8, 4) is 5.88 Å². The van der Waals surface area contributed by atoms with Crippen LogP contribution in [0.2, 0.25) is 0 Å². The van der Waals surface area contributed by atoms with Crippen molar-refractivity contribution in [1.82, 2.24) is 15.3 Å². The third-order valence-corrected chi connectivity index (χ3v) is 2.19. The van der Waals surface area contributed by atoms with Crippen LogP contribution < -0.4 is 10.1 Å². The third-order valence-electron chi connectivity index (χ3n) is 2.19. The molecule has 0 radical (unpaired) electrons. The molecule has 1 N–H and O–H groups in total. The quantitative estimate of drug-likeness (QED) is 0.758. The van der Waals surface area contributed by atoms with Gasteiger partial charge in [-0.1, -0.05) is 0 Å². The number of hydrogen-bond donors (Lipinski definition) is 1. The maximum atomic E-state index is 5.63. The minimum Gasteiger partial charge on any atom is -0.475 e. The first-order valence-electron chi connectivity index (χ1n) is 4.97. The minimum atomic E-state index is 0.170. The van der Waals surface area contributed by atoms with Crippen molar-refractivity contribution in [2.24, 2.45) is 0 Å². The molecule has 1 aromatic heterocycles. The zero-order chi connectivity index (χ0) is 9.97. The predicted octanol–water partition coefficient (Wildman–Crippen LogP) is 0.909. The Balaban J connectivity index is 2.30. The van der Waals surface area contributed by atoms with Crippen LogP contribution in [0.3, 0.4) is 0 Å². The molecule has 4 heteroatoms. The fraction of sp³-hybridized carbons (Fsp3) is 0.600. The van der Waals surface area contributed by atoms with Crippen LogP contribution in [0.5, 0.6) is 5.88 Å².